The van der Waals surface area contributed by atoms with Gasteiger partial charge in [0.1, 0.15) is 0 Å². The maximum absolute atomic E-state index is 13.5. The number of allylic oxidation sites excluding steroid dienone is 2. The van der Waals surface area contributed by atoms with Gasteiger partial charge in [-0.25, -0.2) is 0 Å². The van der Waals surface area contributed by atoms with Crippen molar-refractivity contribution < 1.29 is 4.79 Å². The second kappa shape index (κ2) is 6.65. The first kappa shape index (κ1) is 18.8. The minimum Gasteiger partial charge on any atom is -0.362 e. The molecule has 0 saturated heterocycles. The highest BCUT2D eigenvalue weighted by Gasteiger charge is 2.53. The molecule has 2 atom stereocenters. The largest absolute Gasteiger partial charge is 0.362 e. The first-order chi connectivity index (χ1) is 13.9. The highest BCUT2D eigenvalue weighted by atomic mass is 16.1. The molecular formula is C25H31N3O. The predicted molar refractivity (Wildman–Crippen MR) is 115 cm³/mol. The van der Waals surface area contributed by atoms with Gasteiger partial charge >= 0.3 is 0 Å². The average molecular weight is 390 g/mol. The smallest absolute Gasteiger partial charge is 0.164 e. The molecule has 0 amide bonds. The maximum atomic E-state index is 13.5. The number of carbonyl (C=O) groups is 1. The number of nitrogens with one attached hydrogen (secondary N) is 1. The van der Waals surface area contributed by atoms with Crippen LogP contribution in [0.25, 0.3) is 0 Å². The Bertz CT molecular complexity index is 949. The van der Waals surface area contributed by atoms with Gasteiger partial charge in [-0.05, 0) is 48.1 Å². The summed E-state index contributed by atoms with van der Waals surface area (Å²) >= 11 is 0. The third kappa shape index (κ3) is 2.83. The van der Waals surface area contributed by atoms with Crippen molar-refractivity contribution in [3.05, 3.63) is 58.4 Å². The molecule has 2 aliphatic carbocycles. The van der Waals surface area contributed by atoms with Crippen LogP contribution in [0.5, 0.6) is 0 Å². The molecule has 1 saturated carbocycles. The summed E-state index contributed by atoms with van der Waals surface area (Å²) in [5.41, 5.74) is 5.42. The molecule has 2 unspecified atom stereocenters. The van der Waals surface area contributed by atoms with E-state index in [2.05, 4.69) is 60.6 Å². The molecule has 4 aliphatic rings. The molecule has 4 heteroatoms. The van der Waals surface area contributed by atoms with Gasteiger partial charge in [-0.15, -0.1) is 0 Å². The van der Waals surface area contributed by atoms with Crippen LogP contribution >= 0.6 is 0 Å². The highest BCUT2D eigenvalue weighted by molar-refractivity contribution is 6.01. The Morgan fingerprint density at radius 1 is 1.17 bits per heavy atom. The summed E-state index contributed by atoms with van der Waals surface area (Å²) in [4.78, 5) is 13.5. The summed E-state index contributed by atoms with van der Waals surface area (Å²) < 4.78 is 0. The second-order valence-corrected chi connectivity index (χ2v) is 10.0. The van der Waals surface area contributed by atoms with E-state index in [4.69, 9.17) is 0 Å². The normalized spacial score (nSPS) is 30.8. The predicted octanol–water partition coefficient (Wildman–Crippen LogP) is 5.91. The summed E-state index contributed by atoms with van der Waals surface area (Å²) in [5.74, 6) is 0.936. The van der Waals surface area contributed by atoms with Crippen LogP contribution in [-0.2, 0) is 10.2 Å². The van der Waals surface area contributed by atoms with Crippen molar-refractivity contribution in [1.82, 2.24) is 5.32 Å². The van der Waals surface area contributed by atoms with Gasteiger partial charge in [0.25, 0.3) is 0 Å². The molecule has 2 aliphatic heterocycles. The van der Waals surface area contributed by atoms with Gasteiger partial charge < -0.3 is 5.32 Å². The fourth-order valence-corrected chi connectivity index (χ4v) is 6.21. The molecular weight excluding hydrogens is 358 g/mol. The van der Waals surface area contributed by atoms with Crippen LogP contribution in [0.15, 0.2) is 57.5 Å². The Kier molecular flexibility index (Phi) is 4.30. The molecule has 1 aromatic rings. The van der Waals surface area contributed by atoms with E-state index in [0.29, 0.717) is 12.3 Å². The first-order valence-corrected chi connectivity index (χ1v) is 11.2. The number of carbonyl (C=O) groups excluding carboxylic acids is 1. The number of fused-ring (bicyclic) bond motifs is 1. The first-order valence-electron chi connectivity index (χ1n) is 11.2. The molecule has 152 valence electrons. The van der Waals surface area contributed by atoms with Crippen molar-refractivity contribution in [3.63, 3.8) is 0 Å². The Labute approximate surface area is 173 Å². The maximum Gasteiger partial charge on any atom is 0.164 e. The third-order valence-electron chi connectivity index (χ3n) is 7.52. The van der Waals surface area contributed by atoms with E-state index in [9.17, 15) is 4.79 Å². The van der Waals surface area contributed by atoms with Gasteiger partial charge in [0.2, 0.25) is 0 Å². The van der Waals surface area contributed by atoms with Crippen molar-refractivity contribution in [1.29, 1.82) is 0 Å². The number of nitrogens with zero attached hydrogens (tertiary/aromatic N) is 2. The minimum atomic E-state index is -0.420. The van der Waals surface area contributed by atoms with Gasteiger partial charge in [-0.2, -0.15) is 10.2 Å². The van der Waals surface area contributed by atoms with E-state index in [1.165, 1.54) is 36.8 Å². The van der Waals surface area contributed by atoms with Crippen molar-refractivity contribution in [3.8, 4) is 0 Å². The van der Waals surface area contributed by atoms with Crippen LogP contribution in [0.3, 0.4) is 0 Å². The fraction of sp³-hybridized carbons (Fsp3) is 0.560. The van der Waals surface area contributed by atoms with E-state index >= 15 is 0 Å². The molecule has 0 aromatic heterocycles. The van der Waals surface area contributed by atoms with Crippen molar-refractivity contribution in [2.45, 2.75) is 83.2 Å². The lowest BCUT2D eigenvalue weighted by Crippen LogP contribution is -2.51. The van der Waals surface area contributed by atoms with Gasteiger partial charge in [0.15, 0.2) is 11.9 Å². The van der Waals surface area contributed by atoms with Crippen LogP contribution in [-0.4, -0.2) is 11.9 Å². The Morgan fingerprint density at radius 2 is 1.97 bits per heavy atom. The zero-order chi connectivity index (χ0) is 20.2. The molecule has 2 heterocycles. The number of Topliss-reactive ketones (excluding diaryl/α,β-unsaturated/α-hetero) is 1. The summed E-state index contributed by atoms with van der Waals surface area (Å²) in [5, 5.41) is 12.3. The van der Waals surface area contributed by atoms with Crippen LogP contribution in [0.2, 0.25) is 0 Å². The molecule has 1 aromatic carbocycles. The number of ketones is 1. The summed E-state index contributed by atoms with van der Waals surface area (Å²) in [6.45, 7) is 6.58. The number of hydrogen-bond acceptors (Lipinski definition) is 4. The molecule has 0 spiro atoms. The average Bonchev–Trinajstić information content (AvgIpc) is 3.37. The topological polar surface area (TPSA) is 53.8 Å². The Morgan fingerprint density at radius 3 is 2.72 bits per heavy atom. The van der Waals surface area contributed by atoms with Gasteiger partial charge in [-0.3, -0.25) is 4.79 Å². The summed E-state index contributed by atoms with van der Waals surface area (Å²) in [6, 6.07) is 9.08. The van der Waals surface area contributed by atoms with Gasteiger partial charge in [-0.1, -0.05) is 57.9 Å². The zero-order valence-electron chi connectivity index (χ0n) is 17.8. The molecule has 0 radical (unpaired) electrons. The quantitative estimate of drug-likeness (QED) is 0.698. The van der Waals surface area contributed by atoms with Crippen LogP contribution in [0, 0.1) is 5.41 Å². The molecule has 5 rings (SSSR count). The van der Waals surface area contributed by atoms with Crippen LogP contribution in [0.1, 0.15) is 82.8 Å². The number of benzene rings is 1. The van der Waals surface area contributed by atoms with E-state index in [-0.39, 0.29) is 17.4 Å². The van der Waals surface area contributed by atoms with Crippen molar-refractivity contribution in [2.24, 2.45) is 15.6 Å². The van der Waals surface area contributed by atoms with Crippen LogP contribution in [0.4, 0.5) is 0 Å². The number of azo groups is 1. The van der Waals surface area contributed by atoms with Gasteiger partial charge in [0.05, 0.1) is 11.6 Å². The van der Waals surface area contributed by atoms with E-state index in [1.54, 1.807) is 0 Å². The molecule has 1 N–H and O–H groups in total. The van der Waals surface area contributed by atoms with Gasteiger partial charge in [0, 0.05) is 23.3 Å². The lowest BCUT2D eigenvalue weighted by molar-refractivity contribution is -0.119. The molecule has 1 fully saturated rings. The minimum absolute atomic E-state index is 0.0228. The summed E-state index contributed by atoms with van der Waals surface area (Å²) in [6.07, 6.45) is 9.30. The Hall–Kier alpha value is -2.23. The SMILES string of the molecule is CCC1(c2cccc(C3CCCC3)c2)C2=CN=NC2NC2=C1C(=O)CC(C)(C)C2. The van der Waals surface area contributed by atoms with Crippen LogP contribution < -0.4 is 5.32 Å². The van der Waals surface area contributed by atoms with E-state index in [1.807, 2.05) is 6.20 Å². The fourth-order valence-electron chi connectivity index (χ4n) is 6.21. The molecule has 29 heavy (non-hydrogen) atoms. The molecule has 0 bridgehead atoms. The second-order valence-electron chi connectivity index (χ2n) is 10.0. The standard InChI is InChI=1S/C25H31N3O/c1-4-25(18-11-7-10-17(12-18)16-8-5-6-9-16)19-15-26-28-23(19)27-20-13-24(2,3)14-21(29)22(20)25/h7,10-12,15-16,23,27H,4-6,8-9,13-14H2,1-3H3. The Balaban J connectivity index is 1.70. The van der Waals surface area contributed by atoms with Crippen molar-refractivity contribution in [2.75, 3.05) is 0 Å². The van der Waals surface area contributed by atoms with E-state index in [0.717, 1.165) is 29.7 Å². The number of hydrogen-bond donors (Lipinski definition) is 1. The lowest BCUT2D eigenvalue weighted by atomic mass is 9.58. The lowest BCUT2D eigenvalue weighted by Gasteiger charge is -2.48. The van der Waals surface area contributed by atoms with E-state index < -0.39 is 5.41 Å². The zero-order valence-corrected chi connectivity index (χ0v) is 17.8. The highest BCUT2D eigenvalue weighted by Crippen LogP contribution is 2.54. The monoisotopic (exact) mass is 389 g/mol. The number of rotatable bonds is 3. The summed E-state index contributed by atoms with van der Waals surface area (Å²) in [7, 11) is 0. The third-order valence-corrected chi connectivity index (χ3v) is 7.52. The van der Waals surface area contributed by atoms with Crippen molar-refractivity contribution >= 4 is 5.78 Å². The molecule has 4 nitrogen and oxygen atoms in total.